The number of benzene rings is 1. The van der Waals surface area contributed by atoms with Crippen LogP contribution in [0.15, 0.2) is 6.07 Å². The van der Waals surface area contributed by atoms with Crippen molar-refractivity contribution >= 4 is 0 Å². The SMILES string of the molecule is CCCCc1cc2c(c(CCCC)c1O)C(CCC)CC2(C)C. The van der Waals surface area contributed by atoms with Crippen LogP contribution in [0.4, 0.5) is 0 Å². The minimum absolute atomic E-state index is 0.255. The van der Waals surface area contributed by atoms with Gasteiger partial charge in [-0.05, 0) is 72.1 Å². The van der Waals surface area contributed by atoms with Gasteiger partial charge in [0.25, 0.3) is 0 Å². The summed E-state index contributed by atoms with van der Waals surface area (Å²) in [6.07, 6.45) is 10.5. The number of phenols is 1. The van der Waals surface area contributed by atoms with Gasteiger partial charge in [0.2, 0.25) is 0 Å². The summed E-state index contributed by atoms with van der Waals surface area (Å²) in [6, 6.07) is 2.35. The number of aromatic hydroxyl groups is 1. The van der Waals surface area contributed by atoms with Gasteiger partial charge >= 0.3 is 0 Å². The molecule has 1 aliphatic rings. The second-order valence-electron chi connectivity index (χ2n) is 8.10. The van der Waals surface area contributed by atoms with Crippen molar-refractivity contribution in [2.24, 2.45) is 0 Å². The Morgan fingerprint density at radius 1 is 1.04 bits per heavy atom. The first kappa shape index (κ1) is 18.4. The molecule has 0 spiro atoms. The molecule has 0 amide bonds. The van der Waals surface area contributed by atoms with E-state index < -0.39 is 0 Å². The molecule has 1 unspecified atom stereocenters. The van der Waals surface area contributed by atoms with Crippen LogP contribution in [0, 0.1) is 0 Å². The van der Waals surface area contributed by atoms with E-state index in [1.54, 1.807) is 0 Å². The minimum Gasteiger partial charge on any atom is -0.507 e. The van der Waals surface area contributed by atoms with E-state index in [0.717, 1.165) is 12.8 Å². The van der Waals surface area contributed by atoms with E-state index in [1.165, 1.54) is 67.2 Å². The van der Waals surface area contributed by atoms with Crippen LogP contribution >= 0.6 is 0 Å². The van der Waals surface area contributed by atoms with Crippen molar-refractivity contribution in [3.8, 4) is 5.75 Å². The lowest BCUT2D eigenvalue weighted by molar-refractivity contribution is 0.453. The Labute approximate surface area is 143 Å². The van der Waals surface area contributed by atoms with Crippen LogP contribution in [0.1, 0.15) is 108 Å². The van der Waals surface area contributed by atoms with Crippen molar-refractivity contribution in [1.29, 1.82) is 0 Å². The molecular weight excluding hydrogens is 280 g/mol. The molecule has 2 rings (SSSR count). The largest absolute Gasteiger partial charge is 0.507 e. The van der Waals surface area contributed by atoms with E-state index in [4.69, 9.17) is 0 Å². The maximum absolute atomic E-state index is 11.0. The number of rotatable bonds is 8. The average Bonchev–Trinajstić information content (AvgIpc) is 2.75. The maximum Gasteiger partial charge on any atom is 0.122 e. The molecule has 0 radical (unpaired) electrons. The zero-order valence-corrected chi connectivity index (χ0v) is 16.0. The molecular formula is C22H36O. The molecule has 1 aliphatic carbocycles. The lowest BCUT2D eigenvalue weighted by atomic mass is 9.83. The van der Waals surface area contributed by atoms with E-state index in [-0.39, 0.29) is 5.41 Å². The molecule has 1 N–H and O–H groups in total. The summed E-state index contributed by atoms with van der Waals surface area (Å²) in [7, 11) is 0. The summed E-state index contributed by atoms with van der Waals surface area (Å²) in [5.74, 6) is 1.27. The summed E-state index contributed by atoms with van der Waals surface area (Å²) in [4.78, 5) is 0. The first-order valence-electron chi connectivity index (χ1n) is 9.84. The van der Waals surface area contributed by atoms with Gasteiger partial charge in [-0.2, -0.15) is 0 Å². The van der Waals surface area contributed by atoms with Crippen LogP contribution in [-0.2, 0) is 18.3 Å². The number of fused-ring (bicyclic) bond motifs is 1. The van der Waals surface area contributed by atoms with Crippen molar-refractivity contribution in [2.75, 3.05) is 0 Å². The Morgan fingerprint density at radius 2 is 1.70 bits per heavy atom. The zero-order valence-electron chi connectivity index (χ0n) is 16.0. The van der Waals surface area contributed by atoms with Gasteiger partial charge in [-0.15, -0.1) is 0 Å². The Hall–Kier alpha value is -0.980. The molecule has 0 saturated heterocycles. The van der Waals surface area contributed by atoms with Gasteiger partial charge < -0.3 is 5.11 Å². The van der Waals surface area contributed by atoms with Crippen LogP contribution in [0.2, 0.25) is 0 Å². The molecule has 0 aromatic heterocycles. The van der Waals surface area contributed by atoms with Crippen LogP contribution in [0.25, 0.3) is 0 Å². The lowest BCUT2D eigenvalue weighted by Crippen LogP contribution is -2.13. The van der Waals surface area contributed by atoms with E-state index >= 15 is 0 Å². The van der Waals surface area contributed by atoms with E-state index in [9.17, 15) is 5.11 Å². The molecule has 1 nitrogen and oxygen atoms in total. The number of hydrogen-bond acceptors (Lipinski definition) is 1. The van der Waals surface area contributed by atoms with Gasteiger partial charge in [0.1, 0.15) is 5.75 Å². The van der Waals surface area contributed by atoms with Gasteiger partial charge in [-0.1, -0.05) is 59.9 Å². The minimum atomic E-state index is 0.255. The molecule has 0 bridgehead atoms. The second kappa shape index (κ2) is 7.73. The van der Waals surface area contributed by atoms with Crippen molar-refractivity contribution < 1.29 is 5.11 Å². The van der Waals surface area contributed by atoms with Gasteiger partial charge in [0, 0.05) is 0 Å². The molecule has 23 heavy (non-hydrogen) atoms. The Balaban J connectivity index is 2.54. The zero-order chi connectivity index (χ0) is 17.0. The summed E-state index contributed by atoms with van der Waals surface area (Å²) in [5, 5.41) is 11.0. The van der Waals surface area contributed by atoms with Crippen LogP contribution < -0.4 is 0 Å². The highest BCUT2D eigenvalue weighted by Crippen LogP contribution is 2.52. The van der Waals surface area contributed by atoms with Crippen molar-refractivity contribution in [2.45, 2.75) is 104 Å². The molecule has 1 atom stereocenters. The summed E-state index contributed by atoms with van der Waals surface area (Å²) in [6.45, 7) is 11.5. The highest BCUT2D eigenvalue weighted by atomic mass is 16.3. The number of hydrogen-bond donors (Lipinski definition) is 1. The van der Waals surface area contributed by atoms with Gasteiger partial charge in [0.15, 0.2) is 0 Å². The van der Waals surface area contributed by atoms with Gasteiger partial charge in [0.05, 0.1) is 0 Å². The topological polar surface area (TPSA) is 20.2 Å². The summed E-state index contributed by atoms with van der Waals surface area (Å²) >= 11 is 0. The lowest BCUT2D eigenvalue weighted by Gasteiger charge is -2.22. The summed E-state index contributed by atoms with van der Waals surface area (Å²) < 4.78 is 0. The third-order valence-corrected chi connectivity index (χ3v) is 5.64. The molecule has 0 fully saturated rings. The first-order valence-corrected chi connectivity index (χ1v) is 9.84. The Bertz CT molecular complexity index is 527. The van der Waals surface area contributed by atoms with Crippen molar-refractivity contribution in [3.63, 3.8) is 0 Å². The van der Waals surface area contributed by atoms with Crippen LogP contribution in [0.5, 0.6) is 5.75 Å². The Morgan fingerprint density at radius 3 is 2.30 bits per heavy atom. The van der Waals surface area contributed by atoms with Crippen molar-refractivity contribution in [3.05, 3.63) is 28.3 Å². The van der Waals surface area contributed by atoms with E-state index in [2.05, 4.69) is 40.7 Å². The van der Waals surface area contributed by atoms with E-state index in [1.807, 2.05) is 0 Å². The highest BCUT2D eigenvalue weighted by Gasteiger charge is 2.39. The monoisotopic (exact) mass is 316 g/mol. The quantitative estimate of drug-likeness (QED) is 0.569. The first-order chi connectivity index (χ1) is 11.0. The standard InChI is InChI=1S/C22H36O/c1-6-9-12-16-14-19-20(18(21(16)23)13-10-7-2)17(11-8-3)15-22(19,4)5/h14,17,23H,6-13,15H2,1-5H3. The average molecular weight is 317 g/mol. The third-order valence-electron chi connectivity index (χ3n) is 5.64. The predicted molar refractivity (Wildman–Crippen MR) is 101 cm³/mol. The molecule has 0 aliphatic heterocycles. The molecule has 1 aromatic rings. The molecule has 1 aromatic carbocycles. The smallest absolute Gasteiger partial charge is 0.122 e. The Kier molecular flexibility index (Phi) is 6.17. The second-order valence-corrected chi connectivity index (χ2v) is 8.10. The molecule has 130 valence electrons. The third kappa shape index (κ3) is 3.75. The normalized spacial score (nSPS) is 19.1. The van der Waals surface area contributed by atoms with Crippen LogP contribution in [0.3, 0.4) is 0 Å². The molecule has 0 saturated carbocycles. The predicted octanol–water partition coefficient (Wildman–Crippen LogP) is 6.64. The fraction of sp³-hybridized carbons (Fsp3) is 0.727. The molecule has 1 heteroatoms. The van der Waals surface area contributed by atoms with Crippen LogP contribution in [-0.4, -0.2) is 5.11 Å². The molecule has 0 heterocycles. The van der Waals surface area contributed by atoms with Gasteiger partial charge in [-0.25, -0.2) is 0 Å². The number of aryl methyl sites for hydroxylation is 1. The maximum atomic E-state index is 11.0. The fourth-order valence-electron chi connectivity index (χ4n) is 4.42. The fourth-order valence-corrected chi connectivity index (χ4v) is 4.42. The summed E-state index contributed by atoms with van der Waals surface area (Å²) in [5.41, 5.74) is 5.79. The van der Waals surface area contributed by atoms with Gasteiger partial charge in [-0.3, -0.25) is 0 Å². The number of phenolic OH excluding ortho intramolecular Hbond substituents is 1. The highest BCUT2D eigenvalue weighted by molar-refractivity contribution is 5.56. The van der Waals surface area contributed by atoms with E-state index in [0.29, 0.717) is 11.7 Å². The van der Waals surface area contributed by atoms with Crippen molar-refractivity contribution in [1.82, 2.24) is 0 Å². The number of unbranched alkanes of at least 4 members (excludes halogenated alkanes) is 2.